The van der Waals surface area contributed by atoms with Gasteiger partial charge in [0.15, 0.2) is 4.47 Å². The predicted molar refractivity (Wildman–Crippen MR) is 94.0 cm³/mol. The fraction of sp³-hybridized carbons (Fsp3) is 0.750. The number of halogens is 1. The van der Waals surface area contributed by atoms with Crippen molar-refractivity contribution in [2.75, 3.05) is 26.7 Å². The summed E-state index contributed by atoms with van der Waals surface area (Å²) in [6, 6.07) is 0. The Morgan fingerprint density at radius 2 is 2.30 bits per heavy atom. The molecule has 1 aliphatic rings. The number of carbonyl (C=O) groups excluding carboxylic acids is 1. The lowest BCUT2D eigenvalue weighted by Gasteiger charge is -2.35. The van der Waals surface area contributed by atoms with Crippen LogP contribution in [0.2, 0.25) is 4.47 Å². The minimum atomic E-state index is -0.438. The minimum Gasteiger partial charge on any atom is -0.444 e. The van der Waals surface area contributed by atoms with E-state index in [1.54, 1.807) is 0 Å². The van der Waals surface area contributed by atoms with Crippen LogP contribution < -0.4 is 0 Å². The number of ether oxygens (including phenoxy) is 1. The number of rotatable bonds is 4. The fourth-order valence-corrected chi connectivity index (χ4v) is 3.89. The molecule has 0 radical (unpaired) electrons. The maximum absolute atomic E-state index is 12.2. The Hall–Kier alpha value is -0.850. The van der Waals surface area contributed by atoms with Crippen LogP contribution in [0.5, 0.6) is 0 Å². The SMILES string of the molecule is CN(Cc1cnc(Cl)s1)C[C@H]1CCCN(C(=O)OC(C)(C)C)C1. The highest BCUT2D eigenvalue weighted by atomic mass is 35.5. The van der Waals surface area contributed by atoms with Crippen LogP contribution in [-0.4, -0.2) is 53.2 Å². The van der Waals surface area contributed by atoms with Gasteiger partial charge in [0.05, 0.1) is 0 Å². The maximum atomic E-state index is 12.2. The zero-order chi connectivity index (χ0) is 17.0. The summed E-state index contributed by atoms with van der Waals surface area (Å²) in [5.41, 5.74) is -0.438. The van der Waals surface area contributed by atoms with Crippen LogP contribution in [0, 0.1) is 5.92 Å². The van der Waals surface area contributed by atoms with Gasteiger partial charge in [-0.05, 0) is 46.6 Å². The van der Waals surface area contributed by atoms with E-state index in [4.69, 9.17) is 16.3 Å². The van der Waals surface area contributed by atoms with Crippen molar-refractivity contribution < 1.29 is 9.53 Å². The Morgan fingerprint density at radius 3 is 2.91 bits per heavy atom. The lowest BCUT2D eigenvalue weighted by atomic mass is 9.98. The standard InChI is InChI=1S/C16H26ClN3O2S/c1-16(2,3)22-15(21)20-7-5-6-12(10-20)9-19(4)11-13-8-18-14(17)23-13/h8,12H,5-7,9-11H2,1-4H3/t12-/m1/s1. The molecule has 0 bridgehead atoms. The van der Waals surface area contributed by atoms with Crippen molar-refractivity contribution in [2.45, 2.75) is 45.8 Å². The number of thiazole rings is 1. The highest BCUT2D eigenvalue weighted by molar-refractivity contribution is 7.15. The first-order valence-corrected chi connectivity index (χ1v) is 9.19. The van der Waals surface area contributed by atoms with Gasteiger partial charge in [-0.1, -0.05) is 11.6 Å². The van der Waals surface area contributed by atoms with E-state index in [0.29, 0.717) is 10.4 Å². The maximum Gasteiger partial charge on any atom is 0.410 e. The van der Waals surface area contributed by atoms with Gasteiger partial charge < -0.3 is 14.5 Å². The van der Waals surface area contributed by atoms with Crippen LogP contribution in [0.3, 0.4) is 0 Å². The van der Waals surface area contributed by atoms with Gasteiger partial charge in [0.25, 0.3) is 0 Å². The first-order chi connectivity index (χ1) is 10.7. The summed E-state index contributed by atoms with van der Waals surface area (Å²) < 4.78 is 6.07. The zero-order valence-electron chi connectivity index (χ0n) is 14.3. The van der Waals surface area contributed by atoms with Crippen LogP contribution in [-0.2, 0) is 11.3 Å². The van der Waals surface area contributed by atoms with Crippen molar-refractivity contribution in [2.24, 2.45) is 5.92 Å². The summed E-state index contributed by atoms with van der Waals surface area (Å²) in [6.07, 6.45) is 3.81. The largest absolute Gasteiger partial charge is 0.444 e. The number of hydrogen-bond donors (Lipinski definition) is 0. The number of piperidine rings is 1. The first-order valence-electron chi connectivity index (χ1n) is 7.99. The molecule has 1 aliphatic heterocycles. The van der Waals surface area contributed by atoms with E-state index in [0.717, 1.165) is 43.9 Å². The topological polar surface area (TPSA) is 45.7 Å². The fourth-order valence-electron chi connectivity index (χ4n) is 2.83. The molecule has 0 aromatic carbocycles. The molecular weight excluding hydrogens is 334 g/mol. The summed E-state index contributed by atoms with van der Waals surface area (Å²) in [4.78, 5) is 21.6. The van der Waals surface area contributed by atoms with E-state index in [9.17, 15) is 4.79 Å². The number of amides is 1. The molecule has 1 aromatic rings. The molecule has 1 amide bonds. The van der Waals surface area contributed by atoms with Gasteiger partial charge in [0.2, 0.25) is 0 Å². The molecule has 1 saturated heterocycles. The van der Waals surface area contributed by atoms with Crippen molar-refractivity contribution in [1.82, 2.24) is 14.8 Å². The molecule has 1 fully saturated rings. The number of aromatic nitrogens is 1. The molecule has 130 valence electrons. The van der Waals surface area contributed by atoms with Crippen molar-refractivity contribution >= 4 is 29.0 Å². The molecule has 1 atom stereocenters. The number of nitrogens with zero attached hydrogens (tertiary/aromatic N) is 3. The van der Waals surface area contributed by atoms with E-state index in [1.165, 1.54) is 11.3 Å². The van der Waals surface area contributed by atoms with E-state index >= 15 is 0 Å². The Labute approximate surface area is 147 Å². The van der Waals surface area contributed by atoms with Gasteiger partial charge in [-0.15, -0.1) is 11.3 Å². The van der Waals surface area contributed by atoms with Crippen molar-refractivity contribution in [3.05, 3.63) is 15.5 Å². The monoisotopic (exact) mass is 359 g/mol. The van der Waals surface area contributed by atoms with Gasteiger partial charge in [-0.25, -0.2) is 9.78 Å². The smallest absolute Gasteiger partial charge is 0.410 e. The molecule has 0 spiro atoms. The summed E-state index contributed by atoms with van der Waals surface area (Å²) in [7, 11) is 2.10. The van der Waals surface area contributed by atoms with Gasteiger partial charge in [0.1, 0.15) is 5.60 Å². The quantitative estimate of drug-likeness (QED) is 0.818. The second-order valence-corrected chi connectivity index (χ2v) is 8.91. The van der Waals surface area contributed by atoms with Crippen LogP contribution in [0.1, 0.15) is 38.5 Å². The zero-order valence-corrected chi connectivity index (χ0v) is 15.9. The van der Waals surface area contributed by atoms with Crippen molar-refractivity contribution in [1.29, 1.82) is 0 Å². The Bertz CT molecular complexity index is 530. The molecule has 0 aliphatic carbocycles. The highest BCUT2D eigenvalue weighted by Crippen LogP contribution is 2.22. The second kappa shape index (κ2) is 7.81. The predicted octanol–water partition coefficient (Wildman–Crippen LogP) is 3.88. The minimum absolute atomic E-state index is 0.195. The van der Waals surface area contributed by atoms with Gasteiger partial charge in [-0.2, -0.15) is 0 Å². The van der Waals surface area contributed by atoms with E-state index < -0.39 is 5.60 Å². The average molecular weight is 360 g/mol. The molecule has 0 N–H and O–H groups in total. The van der Waals surface area contributed by atoms with E-state index in [1.807, 2.05) is 31.9 Å². The summed E-state index contributed by atoms with van der Waals surface area (Å²) in [5, 5.41) is 0. The van der Waals surface area contributed by atoms with E-state index in [2.05, 4.69) is 16.9 Å². The molecule has 2 rings (SSSR count). The molecule has 2 heterocycles. The third-order valence-corrected chi connectivity index (χ3v) is 4.79. The Morgan fingerprint density at radius 1 is 1.57 bits per heavy atom. The van der Waals surface area contributed by atoms with Crippen molar-refractivity contribution in [3.8, 4) is 0 Å². The number of carbonyl (C=O) groups is 1. The van der Waals surface area contributed by atoms with Crippen LogP contribution in [0.4, 0.5) is 4.79 Å². The van der Waals surface area contributed by atoms with Crippen LogP contribution in [0.15, 0.2) is 6.20 Å². The number of hydrogen-bond acceptors (Lipinski definition) is 5. The summed E-state index contributed by atoms with van der Waals surface area (Å²) >= 11 is 7.39. The van der Waals surface area contributed by atoms with Crippen LogP contribution >= 0.6 is 22.9 Å². The van der Waals surface area contributed by atoms with Gasteiger partial charge in [-0.3, -0.25) is 0 Å². The van der Waals surface area contributed by atoms with E-state index in [-0.39, 0.29) is 6.09 Å². The Kier molecular flexibility index (Phi) is 6.28. The molecule has 7 heteroatoms. The molecule has 0 saturated carbocycles. The van der Waals surface area contributed by atoms with Crippen LogP contribution in [0.25, 0.3) is 0 Å². The average Bonchev–Trinajstić information content (AvgIpc) is 2.82. The third-order valence-electron chi connectivity index (χ3n) is 3.69. The lowest BCUT2D eigenvalue weighted by Crippen LogP contribution is -2.45. The second-order valence-electron chi connectivity index (χ2n) is 7.21. The molecule has 23 heavy (non-hydrogen) atoms. The third kappa shape index (κ3) is 6.28. The summed E-state index contributed by atoms with van der Waals surface area (Å²) in [6.45, 7) is 9.06. The number of likely N-dealkylation sites (tertiary alicyclic amines) is 1. The van der Waals surface area contributed by atoms with Crippen molar-refractivity contribution in [3.63, 3.8) is 0 Å². The first kappa shape index (κ1) is 18.5. The highest BCUT2D eigenvalue weighted by Gasteiger charge is 2.28. The molecule has 0 unspecified atom stereocenters. The normalized spacial score (nSPS) is 19.2. The molecule has 5 nitrogen and oxygen atoms in total. The Balaban J connectivity index is 1.82. The van der Waals surface area contributed by atoms with Gasteiger partial charge >= 0.3 is 6.09 Å². The molecule has 1 aromatic heterocycles. The molecular formula is C16H26ClN3O2S. The lowest BCUT2D eigenvalue weighted by molar-refractivity contribution is 0.0148. The van der Waals surface area contributed by atoms with Gasteiger partial charge in [0, 0.05) is 37.3 Å². The summed E-state index contributed by atoms with van der Waals surface area (Å²) in [5.74, 6) is 0.477.